The number of hydrogen-bond acceptors (Lipinski definition) is 5. The molecule has 2 atom stereocenters. The molecule has 1 saturated heterocycles. The van der Waals surface area contributed by atoms with Crippen molar-refractivity contribution in [2.45, 2.75) is 44.6 Å². The molecule has 7 nitrogen and oxygen atoms in total. The minimum absolute atomic E-state index is 0.0667. The van der Waals surface area contributed by atoms with E-state index in [1.807, 2.05) is 11.8 Å². The van der Waals surface area contributed by atoms with Gasteiger partial charge in [0, 0.05) is 24.7 Å². The molecular weight excluding hydrogens is 351 g/mol. The van der Waals surface area contributed by atoms with E-state index in [-0.39, 0.29) is 23.6 Å². The first-order valence-electron chi connectivity index (χ1n) is 9.51. The number of ether oxygens (including phenoxy) is 1. The van der Waals surface area contributed by atoms with E-state index >= 15 is 4.39 Å². The first-order valence-corrected chi connectivity index (χ1v) is 9.51. The number of methoxy groups -OCH3 is 1. The molecule has 2 aliphatic rings. The van der Waals surface area contributed by atoms with Gasteiger partial charge in [0.25, 0.3) is 5.56 Å². The highest BCUT2D eigenvalue weighted by molar-refractivity contribution is 5.78. The molecule has 8 heteroatoms. The fraction of sp³-hybridized carbons (Fsp3) is 0.579. The van der Waals surface area contributed by atoms with Crippen LogP contribution < -0.4 is 26.6 Å². The Bertz CT molecular complexity index is 995. The maximum Gasteiger partial charge on any atom is 0.333 e. The van der Waals surface area contributed by atoms with Crippen molar-refractivity contribution in [1.82, 2.24) is 9.38 Å². The predicted molar refractivity (Wildman–Crippen MR) is 101 cm³/mol. The molecule has 146 valence electrons. The summed E-state index contributed by atoms with van der Waals surface area (Å²) < 4.78 is 21.8. The van der Waals surface area contributed by atoms with Crippen LogP contribution >= 0.6 is 0 Å². The van der Waals surface area contributed by atoms with Crippen LogP contribution in [0.1, 0.15) is 44.1 Å². The molecule has 0 aromatic carbocycles. The third kappa shape index (κ3) is 2.92. The molecule has 1 aliphatic heterocycles. The molecule has 0 amide bonds. The van der Waals surface area contributed by atoms with Crippen molar-refractivity contribution in [3.63, 3.8) is 0 Å². The quantitative estimate of drug-likeness (QED) is 0.826. The van der Waals surface area contributed by atoms with Gasteiger partial charge in [0.05, 0.1) is 13.3 Å². The van der Waals surface area contributed by atoms with E-state index in [0.717, 1.165) is 36.3 Å². The fourth-order valence-electron chi connectivity index (χ4n) is 4.23. The van der Waals surface area contributed by atoms with Crippen LogP contribution in [0.15, 0.2) is 15.8 Å². The van der Waals surface area contributed by atoms with E-state index in [4.69, 9.17) is 10.5 Å². The second-order valence-corrected chi connectivity index (χ2v) is 7.59. The predicted octanol–water partition coefficient (Wildman–Crippen LogP) is 1.58. The molecule has 1 saturated carbocycles. The van der Waals surface area contributed by atoms with E-state index in [1.54, 1.807) is 0 Å². The van der Waals surface area contributed by atoms with Crippen molar-refractivity contribution in [1.29, 1.82) is 0 Å². The molecule has 27 heavy (non-hydrogen) atoms. The van der Waals surface area contributed by atoms with E-state index in [9.17, 15) is 9.59 Å². The zero-order valence-corrected chi connectivity index (χ0v) is 15.6. The number of anilines is 1. The van der Waals surface area contributed by atoms with Gasteiger partial charge in [0.1, 0.15) is 11.2 Å². The zero-order valence-electron chi connectivity index (χ0n) is 15.6. The lowest BCUT2D eigenvalue weighted by Gasteiger charge is -2.25. The molecule has 1 aliphatic carbocycles. The first kappa shape index (κ1) is 18.0. The third-order valence-corrected chi connectivity index (χ3v) is 5.89. The van der Waals surface area contributed by atoms with E-state index in [2.05, 4.69) is 4.98 Å². The molecular formula is C19H25FN4O3. The highest BCUT2D eigenvalue weighted by Crippen LogP contribution is 2.45. The number of aromatic amines is 1. The average Bonchev–Trinajstić information content (AvgIpc) is 3.36. The number of nitrogens with two attached hydrogens (primary N) is 1. The maximum absolute atomic E-state index is 15.1. The molecule has 2 fully saturated rings. The summed E-state index contributed by atoms with van der Waals surface area (Å²) in [5.74, 6) is 0.0720. The van der Waals surface area contributed by atoms with Crippen molar-refractivity contribution in [3.05, 3.63) is 38.4 Å². The molecule has 4 rings (SSSR count). The highest BCUT2D eigenvalue weighted by Gasteiger charge is 2.35. The fourth-order valence-corrected chi connectivity index (χ4v) is 4.23. The van der Waals surface area contributed by atoms with Crippen LogP contribution in [-0.2, 0) is 0 Å². The van der Waals surface area contributed by atoms with Gasteiger partial charge in [-0.3, -0.25) is 14.2 Å². The number of nitrogens with zero attached hydrogens (tertiary/aromatic N) is 2. The number of H-pyrrole nitrogens is 1. The summed E-state index contributed by atoms with van der Waals surface area (Å²) in [5.41, 5.74) is 6.32. The maximum atomic E-state index is 15.1. The summed E-state index contributed by atoms with van der Waals surface area (Å²) in [5, 5.41) is 0. The summed E-state index contributed by atoms with van der Waals surface area (Å²) in [6.45, 7) is 3.34. The number of pyridine rings is 1. The lowest BCUT2D eigenvalue weighted by atomic mass is 9.98. The summed E-state index contributed by atoms with van der Waals surface area (Å²) in [4.78, 5) is 29.0. The normalized spacial score (nSPS) is 21.0. The van der Waals surface area contributed by atoms with E-state index < -0.39 is 17.1 Å². The number of fused-ring (bicyclic) bond motifs is 1. The first-order chi connectivity index (χ1) is 13.0. The van der Waals surface area contributed by atoms with Gasteiger partial charge in [0.15, 0.2) is 11.6 Å². The molecule has 3 heterocycles. The van der Waals surface area contributed by atoms with Gasteiger partial charge < -0.3 is 15.4 Å². The summed E-state index contributed by atoms with van der Waals surface area (Å²) in [6, 6.07) is 0.0667. The molecule has 3 N–H and O–H groups in total. The number of hydrogen-bond donors (Lipinski definition) is 2. The Balaban J connectivity index is 1.92. The largest absolute Gasteiger partial charge is 0.492 e. The Morgan fingerprint density at radius 3 is 2.74 bits per heavy atom. The second kappa shape index (κ2) is 6.67. The van der Waals surface area contributed by atoms with Gasteiger partial charge in [0.2, 0.25) is 0 Å². The number of rotatable bonds is 5. The molecule has 2 aromatic heterocycles. The van der Waals surface area contributed by atoms with E-state index in [0.29, 0.717) is 29.9 Å². The smallest absolute Gasteiger partial charge is 0.333 e. The summed E-state index contributed by atoms with van der Waals surface area (Å²) in [6.07, 6.45) is 4.66. The summed E-state index contributed by atoms with van der Waals surface area (Å²) in [7, 11) is 1.45. The van der Waals surface area contributed by atoms with Gasteiger partial charge in [-0.05, 0) is 37.5 Å². The third-order valence-electron chi connectivity index (χ3n) is 5.89. The van der Waals surface area contributed by atoms with Gasteiger partial charge in [-0.15, -0.1) is 0 Å². The van der Waals surface area contributed by atoms with Crippen LogP contribution in [0.25, 0.3) is 5.52 Å². The highest BCUT2D eigenvalue weighted by atomic mass is 19.1. The van der Waals surface area contributed by atoms with Crippen LogP contribution in [0, 0.1) is 11.7 Å². The SMILES string of the molecule is CCC(N)C1CCN(c2c(F)cn3c(=O)[nH]c(=O)c(C4CC4)c3c2OC)C1. The van der Waals surface area contributed by atoms with Gasteiger partial charge in [-0.25, -0.2) is 9.18 Å². The van der Waals surface area contributed by atoms with Crippen LogP contribution in [0.4, 0.5) is 10.1 Å². The Labute approximate surface area is 155 Å². The van der Waals surface area contributed by atoms with Crippen molar-refractivity contribution in [2.75, 3.05) is 25.1 Å². The standard InChI is InChI=1S/C19H25FN4O3/c1-3-13(21)11-6-7-23(8-11)15-12(20)9-24-16(17(15)27-2)14(10-4-5-10)18(25)22-19(24)26/h9-11,13H,3-8,21H2,1-2H3,(H,22,25,26). The van der Waals surface area contributed by atoms with Crippen LogP contribution in [0.5, 0.6) is 5.75 Å². The van der Waals surface area contributed by atoms with Crippen LogP contribution in [-0.4, -0.2) is 35.6 Å². The Morgan fingerprint density at radius 1 is 1.37 bits per heavy atom. The van der Waals surface area contributed by atoms with E-state index in [1.165, 1.54) is 7.11 Å². The monoisotopic (exact) mass is 376 g/mol. The van der Waals surface area contributed by atoms with Gasteiger partial charge in [-0.1, -0.05) is 6.92 Å². The zero-order chi connectivity index (χ0) is 19.3. The molecule has 0 radical (unpaired) electrons. The van der Waals surface area contributed by atoms with Crippen molar-refractivity contribution in [3.8, 4) is 5.75 Å². The van der Waals surface area contributed by atoms with Crippen molar-refractivity contribution in [2.24, 2.45) is 11.7 Å². The van der Waals surface area contributed by atoms with Gasteiger partial charge >= 0.3 is 5.69 Å². The lowest BCUT2D eigenvalue weighted by molar-refractivity contribution is 0.411. The minimum atomic E-state index is -0.657. The number of halogens is 1. The minimum Gasteiger partial charge on any atom is -0.492 e. The Kier molecular flexibility index (Phi) is 4.46. The second-order valence-electron chi connectivity index (χ2n) is 7.59. The molecule has 2 aromatic rings. The van der Waals surface area contributed by atoms with Crippen LogP contribution in [0.2, 0.25) is 0 Å². The van der Waals surface area contributed by atoms with Crippen molar-refractivity contribution >= 4 is 11.2 Å². The molecule has 0 spiro atoms. The Hall–Kier alpha value is -2.35. The Morgan fingerprint density at radius 2 is 2.11 bits per heavy atom. The molecule has 2 unspecified atom stereocenters. The van der Waals surface area contributed by atoms with Crippen LogP contribution in [0.3, 0.4) is 0 Å². The lowest BCUT2D eigenvalue weighted by Crippen LogP contribution is -2.33. The van der Waals surface area contributed by atoms with Gasteiger partial charge in [-0.2, -0.15) is 0 Å². The average molecular weight is 376 g/mol. The van der Waals surface area contributed by atoms with Crippen molar-refractivity contribution < 1.29 is 9.13 Å². The summed E-state index contributed by atoms with van der Waals surface area (Å²) >= 11 is 0. The molecule has 0 bridgehead atoms. The topological polar surface area (TPSA) is 92.8 Å². The number of nitrogens with one attached hydrogen (secondary N) is 1. The number of aromatic nitrogens is 2.